The molecule has 0 aliphatic carbocycles. The van der Waals surface area contributed by atoms with Crippen LogP contribution < -0.4 is 4.57 Å². The molecule has 0 aliphatic rings. The first kappa shape index (κ1) is 29.4. The van der Waals surface area contributed by atoms with E-state index >= 15 is 0 Å². The van der Waals surface area contributed by atoms with Gasteiger partial charge in [0, 0.05) is 44.8 Å². The average molecular weight is 724 g/mol. The van der Waals surface area contributed by atoms with E-state index in [1.165, 1.54) is 57.1 Å². The van der Waals surface area contributed by atoms with Gasteiger partial charge < -0.3 is 9.67 Å². The third-order valence-corrected chi connectivity index (χ3v) is 7.77. The van der Waals surface area contributed by atoms with Crippen LogP contribution in [-0.2, 0) is 31.3 Å². The zero-order valence-corrected chi connectivity index (χ0v) is 26.2. The summed E-state index contributed by atoms with van der Waals surface area (Å²) in [5, 5.41) is 14.7. The number of carbonyl (C=O) groups is 1. The molecule has 6 heteroatoms. The Morgan fingerprint density at radius 2 is 1.82 bits per heavy atom. The van der Waals surface area contributed by atoms with Gasteiger partial charge in [-0.05, 0) is 70.8 Å². The molecule has 205 valence electrons. The Labute approximate surface area is 252 Å². The molecular formula is C34H31IrN2O2S-. The number of aliphatic hydroxyl groups excluding tert-OH is 1. The van der Waals surface area contributed by atoms with Crippen molar-refractivity contribution in [2.45, 2.75) is 34.1 Å². The molecule has 0 amide bonds. The summed E-state index contributed by atoms with van der Waals surface area (Å²) < 4.78 is 3.31. The predicted molar refractivity (Wildman–Crippen MR) is 163 cm³/mol. The quantitative estimate of drug-likeness (QED) is 0.0654. The largest absolute Gasteiger partial charge is 0.512 e. The molecule has 0 bridgehead atoms. The van der Waals surface area contributed by atoms with Gasteiger partial charge in [-0.15, -0.1) is 18.2 Å². The number of pyridine rings is 2. The van der Waals surface area contributed by atoms with E-state index in [-0.39, 0.29) is 31.6 Å². The molecule has 0 saturated carbocycles. The molecule has 1 radical (unpaired) electrons. The van der Waals surface area contributed by atoms with Crippen molar-refractivity contribution >= 4 is 59.1 Å². The number of allylic oxidation sites excluding steroid dienone is 2. The third kappa shape index (κ3) is 5.80. The number of thiophene rings is 1. The van der Waals surface area contributed by atoms with Crippen LogP contribution >= 0.6 is 11.3 Å². The number of aliphatic hydroxyl groups is 1. The molecule has 3 heterocycles. The van der Waals surface area contributed by atoms with Crippen molar-refractivity contribution in [1.82, 2.24) is 4.98 Å². The second-order valence-corrected chi connectivity index (χ2v) is 11.2. The minimum Gasteiger partial charge on any atom is -0.512 e. The van der Waals surface area contributed by atoms with E-state index in [1.807, 2.05) is 18.3 Å². The van der Waals surface area contributed by atoms with Crippen LogP contribution in [0.4, 0.5) is 0 Å². The second kappa shape index (κ2) is 12.3. The minimum atomic E-state index is -0.125. The van der Waals surface area contributed by atoms with Crippen LogP contribution in [0.3, 0.4) is 0 Å². The number of rotatable bonds is 4. The van der Waals surface area contributed by atoms with Crippen LogP contribution in [0.25, 0.3) is 53.2 Å². The van der Waals surface area contributed by atoms with Gasteiger partial charge in [-0.25, -0.2) is 4.98 Å². The molecule has 3 aromatic carbocycles. The summed E-state index contributed by atoms with van der Waals surface area (Å²) >= 11 is 1.74. The van der Waals surface area contributed by atoms with E-state index in [2.05, 4.69) is 91.1 Å². The molecule has 6 rings (SSSR count). The van der Waals surface area contributed by atoms with E-state index in [4.69, 9.17) is 5.11 Å². The van der Waals surface area contributed by atoms with Crippen LogP contribution in [0.5, 0.6) is 0 Å². The van der Waals surface area contributed by atoms with E-state index in [9.17, 15) is 4.79 Å². The maximum absolute atomic E-state index is 10.0. The molecule has 0 unspecified atom stereocenters. The Morgan fingerprint density at radius 3 is 2.52 bits per heavy atom. The fourth-order valence-electron chi connectivity index (χ4n) is 5.14. The molecule has 4 nitrogen and oxygen atoms in total. The molecule has 0 saturated heterocycles. The number of nitrogens with zero attached hydrogens (tertiary/aromatic N) is 2. The number of hydrogen-bond acceptors (Lipinski definition) is 4. The van der Waals surface area contributed by atoms with Gasteiger partial charge in [-0.3, -0.25) is 4.79 Å². The monoisotopic (exact) mass is 724 g/mol. The summed E-state index contributed by atoms with van der Waals surface area (Å²) in [6.45, 7) is 7.42. The Hall–Kier alpha value is -3.57. The Balaban J connectivity index is 0.000000413. The first-order chi connectivity index (χ1) is 18.7. The van der Waals surface area contributed by atoms with Gasteiger partial charge in [0.15, 0.2) is 5.78 Å². The van der Waals surface area contributed by atoms with Crippen molar-refractivity contribution in [2.24, 2.45) is 5.92 Å². The van der Waals surface area contributed by atoms with Crippen molar-refractivity contribution < 1.29 is 34.6 Å². The van der Waals surface area contributed by atoms with Gasteiger partial charge in [0.25, 0.3) is 0 Å². The molecule has 1 N–H and O–H groups in total. The number of hydrogen-bond donors (Lipinski definition) is 1. The minimum absolute atomic E-state index is 0. The number of carbonyl (C=O) groups excluding carboxylic acids is 1. The van der Waals surface area contributed by atoms with Crippen molar-refractivity contribution in [1.29, 1.82) is 0 Å². The summed E-state index contributed by atoms with van der Waals surface area (Å²) in [7, 11) is 4.50. The van der Waals surface area contributed by atoms with Gasteiger partial charge in [0.2, 0.25) is 0 Å². The summed E-state index contributed by atoms with van der Waals surface area (Å²) in [5.74, 6) is 0.492. The zero-order chi connectivity index (χ0) is 27.7. The number of fused-ring (bicyclic) bond motifs is 6. The number of benzene rings is 3. The first-order valence-electron chi connectivity index (χ1n) is 13.0. The molecule has 40 heavy (non-hydrogen) atoms. The van der Waals surface area contributed by atoms with E-state index < -0.39 is 0 Å². The van der Waals surface area contributed by atoms with Crippen LogP contribution in [0, 0.1) is 19.0 Å². The Kier molecular flexibility index (Phi) is 9.05. The summed E-state index contributed by atoms with van der Waals surface area (Å²) in [6.07, 6.45) is 4.05. The second-order valence-electron chi connectivity index (χ2n) is 10.2. The fraction of sp³-hybridized carbons (Fsp3) is 0.176. The zero-order valence-electron chi connectivity index (χ0n) is 23.0. The Morgan fingerprint density at radius 1 is 1.07 bits per heavy atom. The summed E-state index contributed by atoms with van der Waals surface area (Å²) in [4.78, 5) is 15.7. The van der Waals surface area contributed by atoms with Crippen LogP contribution in [0.1, 0.15) is 33.3 Å². The van der Waals surface area contributed by atoms with Crippen molar-refractivity contribution in [3.63, 3.8) is 0 Å². The van der Waals surface area contributed by atoms with Crippen molar-refractivity contribution in [2.75, 3.05) is 0 Å². The van der Waals surface area contributed by atoms with Gasteiger partial charge in [0.1, 0.15) is 16.0 Å². The molecule has 3 aromatic heterocycles. The van der Waals surface area contributed by atoms with Crippen LogP contribution in [0.2, 0.25) is 0 Å². The van der Waals surface area contributed by atoms with Crippen LogP contribution in [0.15, 0.2) is 84.8 Å². The Bertz CT molecular complexity index is 1880. The standard InChI is InChI=1S/C29H23N2S.C5H8O2.Ir/c1-18(2)16-20-17-26(31(3)25-14-13-19-8-4-5-9-21(19)27(20)25)24-11-6-10-22-23-12-7-15-30-29(23)32-28(22)24;1-4(6)3-5(2)7;/h4-10,12-15,17-18H,3,16H2,1-2H3;3,6H,1-2H3;/q-1;;/b;4-3-;. The molecule has 0 atom stereocenters. The third-order valence-electron chi connectivity index (χ3n) is 6.63. The maximum atomic E-state index is 10.0. The number of ketones is 1. The van der Waals surface area contributed by atoms with Crippen molar-refractivity contribution in [3.05, 3.63) is 103 Å². The van der Waals surface area contributed by atoms with Crippen molar-refractivity contribution in [3.8, 4) is 11.3 Å². The van der Waals surface area contributed by atoms with Gasteiger partial charge in [-0.1, -0.05) is 61.2 Å². The van der Waals surface area contributed by atoms with Gasteiger partial charge >= 0.3 is 0 Å². The summed E-state index contributed by atoms with van der Waals surface area (Å²) in [5.41, 5.74) is 4.72. The van der Waals surface area contributed by atoms with Gasteiger partial charge in [0.05, 0.1) is 5.76 Å². The normalized spacial score (nSPS) is 11.6. The molecular weight excluding hydrogens is 693 g/mol. The molecule has 0 aliphatic heterocycles. The molecule has 0 fully saturated rings. The van der Waals surface area contributed by atoms with Gasteiger partial charge in [-0.2, -0.15) is 11.3 Å². The molecule has 6 aromatic rings. The van der Waals surface area contributed by atoms with E-state index in [0.717, 1.165) is 28.0 Å². The first-order valence-corrected chi connectivity index (χ1v) is 13.8. The topological polar surface area (TPSA) is 54.1 Å². The predicted octanol–water partition coefficient (Wildman–Crippen LogP) is 8.38. The smallest absolute Gasteiger partial charge is 0.155 e. The van der Waals surface area contributed by atoms with E-state index in [1.54, 1.807) is 11.3 Å². The fourth-order valence-corrected chi connectivity index (χ4v) is 6.28. The maximum Gasteiger partial charge on any atom is 0.155 e. The molecule has 0 spiro atoms. The SMILES string of the molecule is CC(=O)/C=C(/C)O.[CH2-][n+]1c(-c2[c-]ccc3c2sc2ncccc23)cc(CC(C)C)c2c3ccccc3ccc21.[Ir]. The average Bonchev–Trinajstić information content (AvgIpc) is 3.28. The van der Waals surface area contributed by atoms with Crippen LogP contribution in [-0.4, -0.2) is 15.9 Å². The van der Waals surface area contributed by atoms with E-state index in [0.29, 0.717) is 5.92 Å². The number of aromatic nitrogens is 2. The summed E-state index contributed by atoms with van der Waals surface area (Å²) in [6, 6.07) is 27.3.